The number of ketones is 1. The number of piperidine rings is 1. The molecule has 2 aliphatic rings. The van der Waals surface area contributed by atoms with Crippen molar-refractivity contribution in [1.29, 1.82) is 0 Å². The van der Waals surface area contributed by atoms with Crippen LogP contribution in [0.1, 0.15) is 25.7 Å². The van der Waals surface area contributed by atoms with Crippen molar-refractivity contribution in [3.05, 3.63) is 26.8 Å². The third-order valence-corrected chi connectivity index (χ3v) is 4.83. The first-order valence-electron chi connectivity index (χ1n) is 5.90. The molecule has 0 aromatic heterocycles. The van der Waals surface area contributed by atoms with Crippen LogP contribution in [0.25, 0.3) is 0 Å². The number of fused-ring (bicyclic) bond motifs is 2. The van der Waals surface area contributed by atoms with Crippen molar-refractivity contribution in [2.75, 3.05) is 4.90 Å². The molecule has 1 aromatic rings. The zero-order chi connectivity index (χ0) is 12.0. The summed E-state index contributed by atoms with van der Waals surface area (Å²) in [5.41, 5.74) is 1.25. The van der Waals surface area contributed by atoms with Crippen LogP contribution < -0.4 is 4.90 Å². The number of Topliss-reactive ketones (excluding diaryl/α,β-unsaturated/α-hetero) is 1. The molecule has 2 atom stereocenters. The van der Waals surface area contributed by atoms with E-state index in [9.17, 15) is 4.79 Å². The maximum atomic E-state index is 11.6. The Balaban J connectivity index is 1.97. The Labute approximate surface area is 119 Å². The number of carbonyl (C=O) groups is 1. The number of anilines is 1. The minimum Gasteiger partial charge on any atom is -0.364 e. The molecule has 2 nitrogen and oxygen atoms in total. The Bertz CT molecular complexity index is 460. The number of halogens is 2. The van der Waals surface area contributed by atoms with Crippen molar-refractivity contribution in [2.24, 2.45) is 0 Å². The fourth-order valence-corrected chi connectivity index (χ4v) is 4.20. The number of hydrogen-bond acceptors (Lipinski definition) is 2. The van der Waals surface area contributed by atoms with Gasteiger partial charge in [-0.1, -0.05) is 11.6 Å². The van der Waals surface area contributed by atoms with E-state index in [-0.39, 0.29) is 0 Å². The van der Waals surface area contributed by atoms with Crippen molar-refractivity contribution < 1.29 is 4.79 Å². The Morgan fingerprint density at radius 3 is 2.47 bits per heavy atom. The first kappa shape index (κ1) is 11.8. The Morgan fingerprint density at radius 2 is 1.88 bits per heavy atom. The van der Waals surface area contributed by atoms with Crippen LogP contribution in [0.15, 0.2) is 18.2 Å². The van der Waals surface area contributed by atoms with E-state index >= 15 is 0 Å². The Morgan fingerprint density at radius 1 is 1.24 bits per heavy atom. The van der Waals surface area contributed by atoms with E-state index in [0.29, 0.717) is 17.9 Å². The summed E-state index contributed by atoms with van der Waals surface area (Å²) in [6, 6.07) is 6.85. The molecule has 90 valence electrons. The molecule has 0 saturated carbocycles. The standard InChI is InChI=1S/C13H13ClINO/c14-8-1-4-13(12(15)5-8)16-9-2-3-10(16)7-11(17)6-9/h1,4-5,9-10H,2-3,6-7H2. The average Bonchev–Trinajstić information content (AvgIpc) is 2.53. The van der Waals surface area contributed by atoms with Crippen LogP contribution in [0, 0.1) is 3.57 Å². The summed E-state index contributed by atoms with van der Waals surface area (Å²) in [6.07, 6.45) is 3.73. The highest BCUT2D eigenvalue weighted by atomic mass is 127. The smallest absolute Gasteiger partial charge is 0.137 e. The van der Waals surface area contributed by atoms with Gasteiger partial charge in [0, 0.05) is 33.5 Å². The summed E-state index contributed by atoms with van der Waals surface area (Å²) in [4.78, 5) is 14.0. The molecule has 4 heteroatoms. The largest absolute Gasteiger partial charge is 0.364 e. The molecular formula is C13H13ClINO. The lowest BCUT2D eigenvalue weighted by Crippen LogP contribution is -2.43. The summed E-state index contributed by atoms with van der Waals surface area (Å²) in [5, 5.41) is 0.776. The quantitative estimate of drug-likeness (QED) is 0.712. The molecule has 2 bridgehead atoms. The van der Waals surface area contributed by atoms with Gasteiger partial charge in [0.15, 0.2) is 0 Å². The molecule has 3 rings (SSSR count). The second-order valence-electron chi connectivity index (χ2n) is 4.83. The zero-order valence-corrected chi connectivity index (χ0v) is 12.2. The minimum atomic E-state index is 0.413. The van der Waals surface area contributed by atoms with Gasteiger partial charge < -0.3 is 4.90 Å². The van der Waals surface area contributed by atoms with Crippen molar-refractivity contribution >= 4 is 45.7 Å². The molecule has 2 saturated heterocycles. The second-order valence-corrected chi connectivity index (χ2v) is 6.43. The van der Waals surface area contributed by atoms with Crippen molar-refractivity contribution in [3.8, 4) is 0 Å². The van der Waals surface area contributed by atoms with E-state index in [4.69, 9.17) is 11.6 Å². The van der Waals surface area contributed by atoms with Crippen molar-refractivity contribution in [2.45, 2.75) is 37.8 Å². The van der Waals surface area contributed by atoms with Gasteiger partial charge in [0.2, 0.25) is 0 Å². The molecule has 2 fully saturated rings. The highest BCUT2D eigenvalue weighted by molar-refractivity contribution is 14.1. The van der Waals surface area contributed by atoms with Gasteiger partial charge in [-0.3, -0.25) is 4.79 Å². The minimum absolute atomic E-state index is 0.413. The fraction of sp³-hybridized carbons (Fsp3) is 0.462. The van der Waals surface area contributed by atoms with E-state index in [1.165, 1.54) is 9.26 Å². The van der Waals surface area contributed by atoms with Gasteiger partial charge in [0.25, 0.3) is 0 Å². The van der Waals surface area contributed by atoms with E-state index in [1.807, 2.05) is 12.1 Å². The monoisotopic (exact) mass is 361 g/mol. The predicted octanol–water partition coefficient (Wildman–Crippen LogP) is 3.64. The van der Waals surface area contributed by atoms with Gasteiger partial charge in [-0.2, -0.15) is 0 Å². The van der Waals surface area contributed by atoms with Gasteiger partial charge in [0.05, 0.1) is 5.69 Å². The average molecular weight is 362 g/mol. The van der Waals surface area contributed by atoms with Crippen LogP contribution in [0.5, 0.6) is 0 Å². The lowest BCUT2D eigenvalue weighted by molar-refractivity contribution is -0.120. The molecule has 0 N–H and O–H groups in total. The molecule has 2 unspecified atom stereocenters. The molecule has 2 aliphatic heterocycles. The predicted molar refractivity (Wildman–Crippen MR) is 77.7 cm³/mol. The molecule has 17 heavy (non-hydrogen) atoms. The lowest BCUT2D eigenvalue weighted by atomic mass is 10.0. The first-order chi connectivity index (χ1) is 8.15. The molecule has 0 amide bonds. The van der Waals surface area contributed by atoms with Crippen LogP contribution in [-0.4, -0.2) is 17.9 Å². The maximum Gasteiger partial charge on any atom is 0.137 e. The normalized spacial score (nSPS) is 27.6. The second kappa shape index (κ2) is 4.43. The third-order valence-electron chi connectivity index (χ3n) is 3.73. The van der Waals surface area contributed by atoms with E-state index in [2.05, 4.69) is 33.6 Å². The first-order valence-corrected chi connectivity index (χ1v) is 7.36. The number of benzene rings is 1. The van der Waals surface area contributed by atoms with Gasteiger partial charge in [-0.25, -0.2) is 0 Å². The molecular weight excluding hydrogens is 349 g/mol. The summed E-state index contributed by atoms with van der Waals surface area (Å²) in [7, 11) is 0. The third kappa shape index (κ3) is 2.08. The van der Waals surface area contributed by atoms with Gasteiger partial charge >= 0.3 is 0 Å². The van der Waals surface area contributed by atoms with E-state index in [0.717, 1.165) is 30.7 Å². The Kier molecular flexibility index (Phi) is 3.07. The highest BCUT2D eigenvalue weighted by Crippen LogP contribution is 2.40. The van der Waals surface area contributed by atoms with Crippen LogP contribution in [0.3, 0.4) is 0 Å². The molecule has 0 aliphatic carbocycles. The summed E-state index contributed by atoms with van der Waals surface area (Å²) in [6.45, 7) is 0. The molecule has 0 spiro atoms. The van der Waals surface area contributed by atoms with Gasteiger partial charge in [0.1, 0.15) is 5.78 Å². The molecule has 1 aromatic carbocycles. The zero-order valence-electron chi connectivity index (χ0n) is 9.33. The maximum absolute atomic E-state index is 11.6. The van der Waals surface area contributed by atoms with Gasteiger partial charge in [-0.05, 0) is 53.6 Å². The van der Waals surface area contributed by atoms with Crippen LogP contribution >= 0.6 is 34.2 Å². The van der Waals surface area contributed by atoms with Crippen LogP contribution in [0.4, 0.5) is 5.69 Å². The topological polar surface area (TPSA) is 20.3 Å². The number of rotatable bonds is 1. The lowest BCUT2D eigenvalue weighted by Gasteiger charge is -2.36. The highest BCUT2D eigenvalue weighted by Gasteiger charge is 2.40. The Hall–Kier alpha value is -0.290. The van der Waals surface area contributed by atoms with Gasteiger partial charge in [-0.15, -0.1) is 0 Å². The number of nitrogens with zero attached hydrogens (tertiary/aromatic N) is 1. The summed E-state index contributed by atoms with van der Waals surface area (Å²) < 4.78 is 1.18. The van der Waals surface area contributed by atoms with E-state index < -0.39 is 0 Å². The van der Waals surface area contributed by atoms with Crippen molar-refractivity contribution in [3.63, 3.8) is 0 Å². The summed E-state index contributed by atoms with van der Waals surface area (Å²) in [5.74, 6) is 0.428. The molecule has 0 radical (unpaired) electrons. The van der Waals surface area contributed by atoms with E-state index in [1.54, 1.807) is 0 Å². The number of carbonyl (C=O) groups excluding carboxylic acids is 1. The molecule has 2 heterocycles. The summed E-state index contributed by atoms with van der Waals surface area (Å²) >= 11 is 8.32. The van der Waals surface area contributed by atoms with Crippen LogP contribution in [-0.2, 0) is 4.79 Å². The fourth-order valence-electron chi connectivity index (χ4n) is 3.05. The van der Waals surface area contributed by atoms with Crippen LogP contribution in [0.2, 0.25) is 5.02 Å². The number of hydrogen-bond donors (Lipinski definition) is 0. The SMILES string of the molecule is O=C1CC2CCC(C1)N2c1ccc(Cl)cc1I. The van der Waals surface area contributed by atoms with Crippen molar-refractivity contribution in [1.82, 2.24) is 0 Å².